The van der Waals surface area contributed by atoms with Crippen molar-refractivity contribution in [3.8, 4) is 0 Å². The van der Waals surface area contributed by atoms with Crippen molar-refractivity contribution in [2.24, 2.45) is 0 Å². The largest absolute Gasteiger partial charge is 0.457 e. The lowest BCUT2D eigenvalue weighted by Crippen LogP contribution is -2.12. The van der Waals surface area contributed by atoms with E-state index in [0.717, 1.165) is 0 Å². The van der Waals surface area contributed by atoms with E-state index in [1.54, 1.807) is 30.3 Å². The molecule has 0 radical (unpaired) electrons. The van der Waals surface area contributed by atoms with Crippen LogP contribution in [0.2, 0.25) is 0 Å². The molecule has 2 aromatic rings. The summed E-state index contributed by atoms with van der Waals surface area (Å²) in [6.45, 7) is 0. The lowest BCUT2D eigenvalue weighted by Gasteiger charge is -2.06. The van der Waals surface area contributed by atoms with Crippen LogP contribution < -0.4 is 10.6 Å². The number of carbonyl (C=O) groups is 2. The lowest BCUT2D eigenvalue weighted by molar-refractivity contribution is 0.102. The summed E-state index contributed by atoms with van der Waals surface area (Å²) in [4.78, 5) is 22.9. The Kier molecular flexibility index (Phi) is 4.41. The van der Waals surface area contributed by atoms with Crippen LogP contribution in [0, 0.1) is 0 Å². The molecule has 1 aromatic carbocycles. The van der Waals surface area contributed by atoms with E-state index in [-0.39, 0.29) is 5.91 Å². The first-order chi connectivity index (χ1) is 9.60. The van der Waals surface area contributed by atoms with Crippen LogP contribution in [0.5, 0.6) is 0 Å². The highest BCUT2D eigenvalue weighted by atomic mass is 79.9. The number of methoxy groups -OCH3 is 1. The third kappa shape index (κ3) is 3.39. The minimum Gasteiger partial charge on any atom is -0.457 e. The molecule has 0 aliphatic heterocycles. The Morgan fingerprint density at radius 1 is 1.10 bits per heavy atom. The van der Waals surface area contributed by atoms with Gasteiger partial charge in [0.2, 0.25) is 0 Å². The maximum Gasteiger partial charge on any atom is 0.411 e. The topological polar surface area (TPSA) is 80.6 Å². The maximum atomic E-state index is 11.9. The van der Waals surface area contributed by atoms with Gasteiger partial charge in [0.15, 0.2) is 4.67 Å². The van der Waals surface area contributed by atoms with E-state index in [4.69, 9.17) is 4.42 Å². The van der Waals surface area contributed by atoms with Gasteiger partial charge in [-0.3, -0.25) is 10.1 Å². The smallest absolute Gasteiger partial charge is 0.411 e. The Balaban J connectivity index is 2.02. The second-order valence-corrected chi connectivity index (χ2v) is 4.48. The first-order valence-electron chi connectivity index (χ1n) is 5.59. The predicted octanol–water partition coefficient (Wildman–Crippen LogP) is 3.47. The first-order valence-corrected chi connectivity index (χ1v) is 6.39. The Hall–Kier alpha value is -2.28. The molecule has 0 saturated heterocycles. The van der Waals surface area contributed by atoms with E-state index < -0.39 is 6.09 Å². The van der Waals surface area contributed by atoms with Crippen LogP contribution in [0.4, 0.5) is 16.2 Å². The van der Waals surface area contributed by atoms with Gasteiger partial charge in [-0.1, -0.05) is 0 Å². The fourth-order valence-corrected chi connectivity index (χ4v) is 1.88. The third-order valence-electron chi connectivity index (χ3n) is 2.44. The van der Waals surface area contributed by atoms with Crippen LogP contribution >= 0.6 is 15.9 Å². The number of furan rings is 1. The van der Waals surface area contributed by atoms with E-state index in [1.807, 2.05) is 0 Å². The summed E-state index contributed by atoms with van der Waals surface area (Å²) >= 11 is 3.14. The zero-order chi connectivity index (χ0) is 14.5. The molecule has 1 heterocycles. The average molecular weight is 339 g/mol. The highest BCUT2D eigenvalue weighted by molar-refractivity contribution is 9.10. The molecular formula is C13H11BrN2O4. The standard InChI is InChI=1S/C13H11BrN2O4/c1-19-13(18)16-9-4-2-8(3-5-9)15-12(17)10-6-7-20-11(10)14/h2-7H,1H3,(H,15,17)(H,16,18). The molecule has 1 aromatic heterocycles. The zero-order valence-corrected chi connectivity index (χ0v) is 12.1. The number of hydrogen-bond donors (Lipinski definition) is 2. The molecule has 7 heteroatoms. The van der Waals surface area contributed by atoms with Crippen LogP contribution in [0.25, 0.3) is 0 Å². The molecule has 104 valence electrons. The van der Waals surface area contributed by atoms with Crippen molar-refractivity contribution in [3.05, 3.63) is 46.8 Å². The molecular weight excluding hydrogens is 328 g/mol. The summed E-state index contributed by atoms with van der Waals surface area (Å²) in [6, 6.07) is 8.19. The van der Waals surface area contributed by atoms with Crippen molar-refractivity contribution in [2.75, 3.05) is 17.7 Å². The highest BCUT2D eigenvalue weighted by Crippen LogP contribution is 2.20. The molecule has 0 saturated carbocycles. The molecule has 0 unspecified atom stereocenters. The molecule has 0 bridgehead atoms. The van der Waals surface area contributed by atoms with Gasteiger partial charge in [0.05, 0.1) is 18.9 Å². The molecule has 0 fully saturated rings. The number of rotatable bonds is 3. The lowest BCUT2D eigenvalue weighted by atomic mass is 10.2. The van der Waals surface area contributed by atoms with Gasteiger partial charge in [-0.15, -0.1) is 0 Å². The van der Waals surface area contributed by atoms with Gasteiger partial charge in [0.1, 0.15) is 0 Å². The number of nitrogens with one attached hydrogen (secondary N) is 2. The summed E-state index contributed by atoms with van der Waals surface area (Å²) in [5.41, 5.74) is 1.57. The number of anilines is 2. The number of benzene rings is 1. The Labute approximate surface area is 123 Å². The normalized spacial score (nSPS) is 9.90. The van der Waals surface area contributed by atoms with Crippen LogP contribution in [0.15, 0.2) is 45.7 Å². The summed E-state index contributed by atoms with van der Waals surface area (Å²) < 4.78 is 9.84. The highest BCUT2D eigenvalue weighted by Gasteiger charge is 2.12. The monoisotopic (exact) mass is 338 g/mol. The van der Waals surface area contributed by atoms with Gasteiger partial charge in [0.25, 0.3) is 5.91 Å². The Morgan fingerprint density at radius 2 is 1.70 bits per heavy atom. The maximum absolute atomic E-state index is 11.9. The minimum atomic E-state index is -0.552. The Morgan fingerprint density at radius 3 is 2.20 bits per heavy atom. The number of ether oxygens (including phenoxy) is 1. The van der Waals surface area contributed by atoms with E-state index in [0.29, 0.717) is 21.6 Å². The van der Waals surface area contributed by atoms with Gasteiger partial charge >= 0.3 is 6.09 Å². The van der Waals surface area contributed by atoms with Crippen molar-refractivity contribution in [3.63, 3.8) is 0 Å². The van der Waals surface area contributed by atoms with E-state index in [1.165, 1.54) is 13.4 Å². The molecule has 0 aliphatic rings. The SMILES string of the molecule is COC(=O)Nc1ccc(NC(=O)c2ccoc2Br)cc1. The van der Waals surface area contributed by atoms with Crippen molar-refractivity contribution in [2.45, 2.75) is 0 Å². The van der Waals surface area contributed by atoms with Gasteiger partial charge in [-0.25, -0.2) is 4.79 Å². The van der Waals surface area contributed by atoms with Gasteiger partial charge in [-0.2, -0.15) is 0 Å². The number of hydrogen-bond acceptors (Lipinski definition) is 4. The predicted molar refractivity (Wildman–Crippen MR) is 76.8 cm³/mol. The van der Waals surface area contributed by atoms with E-state index in [2.05, 4.69) is 31.3 Å². The summed E-state index contributed by atoms with van der Waals surface area (Å²) in [7, 11) is 1.28. The average Bonchev–Trinajstić information content (AvgIpc) is 2.87. The van der Waals surface area contributed by atoms with Crippen molar-refractivity contribution in [1.82, 2.24) is 0 Å². The summed E-state index contributed by atoms with van der Waals surface area (Å²) in [5, 5.41) is 5.22. The van der Waals surface area contributed by atoms with Crippen molar-refractivity contribution < 1.29 is 18.7 Å². The molecule has 2 rings (SSSR count). The molecule has 6 nitrogen and oxygen atoms in total. The number of halogens is 1. The fraction of sp³-hybridized carbons (Fsp3) is 0.0769. The van der Waals surface area contributed by atoms with Crippen LogP contribution in [0.3, 0.4) is 0 Å². The molecule has 2 N–H and O–H groups in total. The van der Waals surface area contributed by atoms with Gasteiger partial charge in [-0.05, 0) is 46.3 Å². The molecule has 0 aliphatic carbocycles. The van der Waals surface area contributed by atoms with Crippen molar-refractivity contribution in [1.29, 1.82) is 0 Å². The fourth-order valence-electron chi connectivity index (χ4n) is 1.46. The van der Waals surface area contributed by atoms with Gasteiger partial charge < -0.3 is 14.5 Å². The van der Waals surface area contributed by atoms with Crippen LogP contribution in [0.1, 0.15) is 10.4 Å². The minimum absolute atomic E-state index is 0.292. The molecule has 0 spiro atoms. The van der Waals surface area contributed by atoms with Crippen LogP contribution in [-0.4, -0.2) is 19.1 Å². The van der Waals surface area contributed by atoms with E-state index >= 15 is 0 Å². The zero-order valence-electron chi connectivity index (χ0n) is 10.5. The third-order valence-corrected chi connectivity index (χ3v) is 3.05. The van der Waals surface area contributed by atoms with Crippen LogP contribution in [-0.2, 0) is 4.74 Å². The molecule has 2 amide bonds. The molecule has 0 atom stereocenters. The summed E-state index contributed by atoms with van der Waals surface area (Å²) in [6.07, 6.45) is 0.867. The second-order valence-electron chi connectivity index (χ2n) is 3.76. The first kappa shape index (κ1) is 14.1. The van der Waals surface area contributed by atoms with E-state index in [9.17, 15) is 9.59 Å². The second kappa shape index (κ2) is 6.25. The van der Waals surface area contributed by atoms with Crippen molar-refractivity contribution >= 4 is 39.3 Å². The van der Waals surface area contributed by atoms with Gasteiger partial charge in [0, 0.05) is 11.4 Å². The number of amides is 2. The quantitative estimate of drug-likeness (QED) is 0.897. The molecule has 20 heavy (non-hydrogen) atoms. The Bertz CT molecular complexity index is 622. The summed E-state index contributed by atoms with van der Waals surface area (Å²) in [5.74, 6) is -0.292. The number of carbonyl (C=O) groups excluding carboxylic acids is 2.